The molecule has 0 N–H and O–H groups in total. The maximum absolute atomic E-state index is 6.01. The van der Waals surface area contributed by atoms with Crippen molar-refractivity contribution in [3.05, 3.63) is 119 Å². The second-order valence-electron chi connectivity index (χ2n) is 12.1. The molecule has 0 atom stereocenters. The van der Waals surface area contributed by atoms with Crippen molar-refractivity contribution in [2.75, 3.05) is 0 Å². The van der Waals surface area contributed by atoms with E-state index in [0.717, 1.165) is 122 Å². The van der Waals surface area contributed by atoms with Crippen LogP contribution in [0, 0.1) is 0 Å². The summed E-state index contributed by atoms with van der Waals surface area (Å²) in [6.07, 6.45) is 12.8. The molecule has 0 bridgehead atoms. The molecular formula is C40H52BaO4P2S4. The number of aryl methyl sites for hydroxylation is 4. The molecule has 11 heteroatoms. The first-order valence-corrected chi connectivity index (χ1v) is 25.1. The van der Waals surface area contributed by atoms with Gasteiger partial charge in [0.15, 0.2) is 11.4 Å². The first kappa shape index (κ1) is 46.8. The number of para-hydroxylation sites is 4. The predicted octanol–water partition coefficient (Wildman–Crippen LogP) is 12.8. The van der Waals surface area contributed by atoms with Gasteiger partial charge in [-0.15, -0.1) is 0 Å². The van der Waals surface area contributed by atoms with E-state index in [9.17, 15) is 0 Å². The summed E-state index contributed by atoms with van der Waals surface area (Å²) in [5.74, 6) is 3.06. The fourth-order valence-electron chi connectivity index (χ4n) is 5.19. The van der Waals surface area contributed by atoms with Crippen LogP contribution in [0.25, 0.3) is 0 Å². The molecule has 0 fully saturated rings. The van der Waals surface area contributed by atoms with Crippen LogP contribution in [-0.4, -0.2) is 48.9 Å². The topological polar surface area (TPSA) is 36.9 Å². The third kappa shape index (κ3) is 17.8. The van der Waals surface area contributed by atoms with Crippen LogP contribution in [0.4, 0.5) is 0 Å². The average molecular weight is 924 g/mol. The number of rotatable bonds is 20. The Bertz CT molecular complexity index is 1450. The quantitative estimate of drug-likeness (QED) is 0.0493. The summed E-state index contributed by atoms with van der Waals surface area (Å²) in [6, 6.07) is 31.9. The van der Waals surface area contributed by atoms with E-state index in [0.29, 0.717) is 0 Å². The fourth-order valence-corrected chi connectivity index (χ4v) is 8.86. The average Bonchev–Trinajstić information content (AvgIpc) is 3.10. The van der Waals surface area contributed by atoms with Crippen LogP contribution >= 0.6 is 11.4 Å². The van der Waals surface area contributed by atoms with Crippen molar-refractivity contribution in [1.29, 1.82) is 0 Å². The van der Waals surface area contributed by atoms with Gasteiger partial charge in [-0.3, -0.25) is 0 Å². The Kier molecular flexibility index (Phi) is 23.6. The van der Waals surface area contributed by atoms with Gasteiger partial charge in [-0.25, -0.2) is 0 Å². The predicted molar refractivity (Wildman–Crippen MR) is 232 cm³/mol. The van der Waals surface area contributed by atoms with Crippen molar-refractivity contribution < 1.29 is 18.1 Å². The minimum Gasteiger partial charge on any atom is -0.665 e. The Morgan fingerprint density at radius 1 is 0.412 bits per heavy atom. The van der Waals surface area contributed by atoms with E-state index in [2.05, 4.69) is 52.0 Å². The van der Waals surface area contributed by atoms with Crippen LogP contribution in [0.1, 0.15) is 101 Å². The first-order chi connectivity index (χ1) is 24.1. The Hall–Kier alpha value is -0.349. The van der Waals surface area contributed by atoms with Gasteiger partial charge < -0.3 is 42.6 Å². The van der Waals surface area contributed by atoms with Crippen LogP contribution in [0.15, 0.2) is 97.1 Å². The van der Waals surface area contributed by atoms with E-state index < -0.39 is 11.4 Å². The van der Waals surface area contributed by atoms with Crippen LogP contribution in [0.3, 0.4) is 0 Å². The van der Waals surface area contributed by atoms with Crippen molar-refractivity contribution >= 4 is 108 Å². The van der Waals surface area contributed by atoms with Crippen molar-refractivity contribution in [3.63, 3.8) is 0 Å². The zero-order valence-corrected chi connectivity index (χ0v) is 40.1. The monoisotopic (exact) mass is 924 g/mol. The van der Waals surface area contributed by atoms with Crippen molar-refractivity contribution in [2.45, 2.75) is 105 Å². The molecule has 0 unspecified atom stereocenters. The van der Waals surface area contributed by atoms with Gasteiger partial charge in [0.1, 0.15) is 23.0 Å². The fraction of sp³-hybridized carbons (Fsp3) is 0.400. The van der Waals surface area contributed by atoms with Gasteiger partial charge in [0.25, 0.3) is 0 Å². The molecule has 4 nitrogen and oxygen atoms in total. The molecule has 272 valence electrons. The molecule has 0 aliphatic heterocycles. The molecule has 0 aliphatic carbocycles. The zero-order chi connectivity index (χ0) is 36.2. The molecule has 0 saturated heterocycles. The van der Waals surface area contributed by atoms with Gasteiger partial charge in [0.2, 0.25) is 0 Å². The molecule has 0 aliphatic rings. The molecular weight excluding hydrogens is 872 g/mol. The maximum atomic E-state index is 6.01. The van der Waals surface area contributed by atoms with Crippen LogP contribution in [0.2, 0.25) is 0 Å². The molecule has 4 aromatic carbocycles. The third-order valence-corrected chi connectivity index (χ3v) is 11.4. The summed E-state index contributed by atoms with van der Waals surface area (Å²) in [7, 11) is 0. The second-order valence-corrected chi connectivity index (χ2v) is 21.8. The van der Waals surface area contributed by atoms with E-state index in [1.54, 1.807) is 0 Å². The molecule has 4 aromatic rings. The Morgan fingerprint density at radius 2 is 0.608 bits per heavy atom. The minimum atomic E-state index is -2.84. The number of unbranched alkanes of at least 4 members (excludes halogenated alkanes) is 4. The van der Waals surface area contributed by atoms with E-state index in [-0.39, 0.29) is 48.9 Å². The molecule has 0 heterocycles. The molecule has 0 radical (unpaired) electrons. The summed E-state index contributed by atoms with van der Waals surface area (Å²) >= 11 is 22.1. The van der Waals surface area contributed by atoms with Gasteiger partial charge in [0, 0.05) is 0 Å². The van der Waals surface area contributed by atoms with Gasteiger partial charge in [-0.1, -0.05) is 126 Å². The molecule has 4 rings (SSSR count). The molecule has 0 saturated carbocycles. The number of hydrogen-bond donors (Lipinski definition) is 0. The van der Waals surface area contributed by atoms with Crippen molar-refractivity contribution in [3.8, 4) is 23.0 Å². The maximum Gasteiger partial charge on any atom is 2.00 e. The molecule has 0 aromatic heterocycles. The summed E-state index contributed by atoms with van der Waals surface area (Å²) in [6.45, 7) is 8.71. The first-order valence-electron chi connectivity index (χ1n) is 17.8. The van der Waals surface area contributed by atoms with Crippen molar-refractivity contribution in [1.82, 2.24) is 0 Å². The Morgan fingerprint density at radius 3 is 0.804 bits per heavy atom. The summed E-state index contributed by atoms with van der Waals surface area (Å²) in [4.78, 5) is 0. The normalized spacial score (nSPS) is 11.1. The van der Waals surface area contributed by atoms with Gasteiger partial charge in [-0.2, -0.15) is 0 Å². The summed E-state index contributed by atoms with van der Waals surface area (Å²) in [5, 5.41) is 0. The minimum absolute atomic E-state index is 0. The molecule has 0 spiro atoms. The Balaban J connectivity index is 0.000000347. The van der Waals surface area contributed by atoms with E-state index in [1.165, 1.54) is 0 Å². The van der Waals surface area contributed by atoms with Gasteiger partial charge in [0.05, 0.1) is 0 Å². The largest absolute Gasteiger partial charge is 2.00 e. The van der Waals surface area contributed by atoms with Gasteiger partial charge >= 0.3 is 48.9 Å². The van der Waals surface area contributed by atoms with E-state index in [1.807, 2.05) is 72.8 Å². The number of benzene rings is 4. The van der Waals surface area contributed by atoms with E-state index >= 15 is 0 Å². The number of hydrogen-bond acceptors (Lipinski definition) is 8. The SMILES string of the molecule is CCCCc1ccccc1OP(=S)([S-])Oc1ccccc1CCCC.CCCCc1ccccc1OP(=S)([S-])Oc1ccccc1CCCC.[Ba+2]. The van der Waals surface area contributed by atoms with Crippen LogP contribution in [0.5, 0.6) is 23.0 Å². The third-order valence-electron chi connectivity index (χ3n) is 7.93. The molecule has 51 heavy (non-hydrogen) atoms. The Labute approximate surface area is 369 Å². The standard InChI is InChI=1S/2C20H27O2PS2.Ba/c2*1-3-5-11-17-13-7-9-15-19(17)21-23(24,25)22-20-16-10-8-14-18(20)12-6-4-2;/h2*7-10,13-16H,3-6,11-12H2,1-2H3,(H,24,25);/q;;+2/p-2. The van der Waals surface area contributed by atoms with Gasteiger partial charge in [-0.05, 0) is 121 Å². The van der Waals surface area contributed by atoms with Crippen molar-refractivity contribution in [2.24, 2.45) is 0 Å². The van der Waals surface area contributed by atoms with Crippen LogP contribution in [-0.2, 0) is 73.8 Å². The summed E-state index contributed by atoms with van der Waals surface area (Å²) in [5.41, 5.74) is -1.10. The van der Waals surface area contributed by atoms with E-state index in [4.69, 9.17) is 66.2 Å². The summed E-state index contributed by atoms with van der Waals surface area (Å²) < 4.78 is 24.0. The molecule has 0 amide bonds. The van der Waals surface area contributed by atoms with Crippen LogP contribution < -0.4 is 18.1 Å². The smallest absolute Gasteiger partial charge is 0.665 e. The second kappa shape index (κ2) is 25.7. The zero-order valence-electron chi connectivity index (χ0n) is 30.6.